The van der Waals surface area contributed by atoms with Crippen molar-refractivity contribution in [2.45, 2.75) is 39.7 Å². The Balaban J connectivity index is 0.00000211. The summed E-state index contributed by atoms with van der Waals surface area (Å²) in [6.45, 7) is 6.96. The number of allylic oxidation sites excluding steroid dienone is 3. The lowest BCUT2D eigenvalue weighted by atomic mass is 10.0. The Hall–Kier alpha value is -1.69. The molecule has 6 heteroatoms. The van der Waals surface area contributed by atoms with Crippen molar-refractivity contribution in [2.75, 3.05) is 26.8 Å². The van der Waals surface area contributed by atoms with E-state index in [4.69, 9.17) is 0 Å². The van der Waals surface area contributed by atoms with Gasteiger partial charge in [-0.05, 0) is 45.0 Å². The molecule has 2 amide bonds. The van der Waals surface area contributed by atoms with E-state index in [0.29, 0.717) is 5.70 Å². The quantitative estimate of drug-likeness (QED) is 0.466. The standard InChI is InChI=1S/C14H23FN4O.C2H6/c1-3-4-12(5-8-15)19(14(20)18-11-16-2)13-6-9-17-10-7-13;1-2/h3-5,11,13,17H,6-10H2,1-2H3,(H,16,18,20);1-2H3/b4-3-,12-5+;. The van der Waals surface area contributed by atoms with Crippen LogP contribution in [0.15, 0.2) is 28.9 Å². The molecule has 0 aromatic rings. The van der Waals surface area contributed by atoms with Crippen LogP contribution in [0.5, 0.6) is 0 Å². The highest BCUT2D eigenvalue weighted by atomic mass is 19.1. The number of hydrogen-bond acceptors (Lipinski definition) is 3. The van der Waals surface area contributed by atoms with Gasteiger partial charge in [0.2, 0.25) is 0 Å². The van der Waals surface area contributed by atoms with Gasteiger partial charge in [-0.2, -0.15) is 0 Å². The molecule has 0 saturated carbocycles. The fourth-order valence-electron chi connectivity index (χ4n) is 2.24. The molecule has 1 saturated heterocycles. The molecule has 0 spiro atoms. The fraction of sp³-hybridized carbons (Fsp3) is 0.625. The molecule has 2 N–H and O–H groups in total. The number of alkyl halides is 1. The van der Waals surface area contributed by atoms with Crippen molar-refractivity contribution < 1.29 is 9.18 Å². The van der Waals surface area contributed by atoms with Gasteiger partial charge in [-0.1, -0.05) is 19.9 Å². The molecule has 1 rings (SSSR count). The Morgan fingerprint density at radius 3 is 2.55 bits per heavy atom. The number of rotatable bonds is 5. The van der Waals surface area contributed by atoms with E-state index in [0.717, 1.165) is 25.9 Å². The first-order valence-corrected chi connectivity index (χ1v) is 7.84. The second-order valence-electron chi connectivity index (χ2n) is 4.47. The molecule has 0 atom stereocenters. The zero-order valence-corrected chi connectivity index (χ0v) is 14.1. The maximum atomic E-state index is 12.7. The fourth-order valence-corrected chi connectivity index (χ4v) is 2.24. The van der Waals surface area contributed by atoms with Crippen LogP contribution in [0.4, 0.5) is 9.18 Å². The minimum absolute atomic E-state index is 0.0653. The highest BCUT2D eigenvalue weighted by molar-refractivity contribution is 5.87. The van der Waals surface area contributed by atoms with Gasteiger partial charge in [-0.15, -0.1) is 0 Å². The minimum atomic E-state index is -0.601. The van der Waals surface area contributed by atoms with Gasteiger partial charge in [0.25, 0.3) is 0 Å². The van der Waals surface area contributed by atoms with Crippen molar-refractivity contribution in [1.29, 1.82) is 0 Å². The van der Waals surface area contributed by atoms with Gasteiger partial charge in [-0.3, -0.25) is 15.2 Å². The maximum absolute atomic E-state index is 12.7. The van der Waals surface area contributed by atoms with E-state index in [2.05, 4.69) is 15.6 Å². The Bertz CT molecular complexity index is 388. The summed E-state index contributed by atoms with van der Waals surface area (Å²) < 4.78 is 12.7. The van der Waals surface area contributed by atoms with Crippen molar-refractivity contribution in [3.05, 3.63) is 23.9 Å². The summed E-state index contributed by atoms with van der Waals surface area (Å²) in [6.07, 6.45) is 8.01. The van der Waals surface area contributed by atoms with E-state index >= 15 is 0 Å². The largest absolute Gasteiger partial charge is 0.327 e. The van der Waals surface area contributed by atoms with Crippen molar-refractivity contribution in [3.8, 4) is 0 Å². The van der Waals surface area contributed by atoms with Crippen LogP contribution < -0.4 is 10.6 Å². The van der Waals surface area contributed by atoms with Crippen LogP contribution in [-0.4, -0.2) is 50.1 Å². The lowest BCUT2D eigenvalue weighted by Gasteiger charge is -2.35. The predicted molar refractivity (Wildman–Crippen MR) is 90.9 cm³/mol. The van der Waals surface area contributed by atoms with E-state index in [1.54, 1.807) is 24.1 Å². The SMILES string of the molecule is C/C=C\C(=C/CF)N(C(=O)NC=NC)C1CCNCC1.CC. The molecule has 22 heavy (non-hydrogen) atoms. The van der Waals surface area contributed by atoms with Crippen LogP contribution in [0.3, 0.4) is 0 Å². The average Bonchev–Trinajstić information content (AvgIpc) is 2.56. The second-order valence-corrected chi connectivity index (χ2v) is 4.47. The van der Waals surface area contributed by atoms with E-state index < -0.39 is 6.67 Å². The number of hydrogen-bond donors (Lipinski definition) is 2. The third kappa shape index (κ3) is 6.85. The van der Waals surface area contributed by atoms with Crippen LogP contribution in [0, 0.1) is 0 Å². The molecular formula is C16H29FN4O. The Labute approximate surface area is 133 Å². The molecule has 0 aromatic carbocycles. The summed E-state index contributed by atoms with van der Waals surface area (Å²) in [5.74, 6) is 0. The molecule has 0 aliphatic carbocycles. The summed E-state index contributed by atoms with van der Waals surface area (Å²) in [4.78, 5) is 17.7. The molecular weight excluding hydrogens is 283 g/mol. The van der Waals surface area contributed by atoms with Crippen molar-refractivity contribution >= 4 is 12.4 Å². The molecule has 1 aliphatic rings. The number of piperidine rings is 1. The van der Waals surface area contributed by atoms with Gasteiger partial charge in [-0.25, -0.2) is 9.18 Å². The lowest BCUT2D eigenvalue weighted by molar-refractivity contribution is 0.187. The van der Waals surface area contributed by atoms with E-state index in [-0.39, 0.29) is 12.1 Å². The first kappa shape index (κ1) is 20.3. The highest BCUT2D eigenvalue weighted by Gasteiger charge is 2.26. The zero-order chi connectivity index (χ0) is 16.8. The average molecular weight is 312 g/mol. The number of amides is 2. The summed E-state index contributed by atoms with van der Waals surface area (Å²) in [6, 6.07) is -0.212. The van der Waals surface area contributed by atoms with Gasteiger partial charge in [0.15, 0.2) is 0 Å². The molecule has 1 aliphatic heterocycles. The number of carbonyl (C=O) groups excluding carboxylic acids is 1. The lowest BCUT2D eigenvalue weighted by Crippen LogP contribution is -2.49. The molecule has 1 heterocycles. The number of aliphatic imine (C=N–C) groups is 1. The normalized spacial score (nSPS) is 16.5. The first-order chi connectivity index (χ1) is 10.7. The highest BCUT2D eigenvalue weighted by Crippen LogP contribution is 2.19. The summed E-state index contributed by atoms with van der Waals surface area (Å²) in [5, 5.41) is 5.86. The molecule has 126 valence electrons. The second kappa shape index (κ2) is 13.0. The van der Waals surface area contributed by atoms with Crippen molar-refractivity contribution in [1.82, 2.24) is 15.5 Å². The minimum Gasteiger partial charge on any atom is -0.317 e. The number of nitrogens with zero attached hydrogens (tertiary/aromatic N) is 2. The molecule has 0 aromatic heterocycles. The third-order valence-corrected chi connectivity index (χ3v) is 3.11. The number of carbonyl (C=O) groups is 1. The van der Waals surface area contributed by atoms with E-state index in [1.807, 2.05) is 20.8 Å². The van der Waals surface area contributed by atoms with E-state index in [1.165, 1.54) is 12.4 Å². The van der Waals surface area contributed by atoms with Gasteiger partial charge in [0.1, 0.15) is 6.67 Å². The number of urea groups is 1. The summed E-state index contributed by atoms with van der Waals surface area (Å²) in [5.41, 5.74) is 0.587. The van der Waals surface area contributed by atoms with Gasteiger partial charge < -0.3 is 5.32 Å². The first-order valence-electron chi connectivity index (χ1n) is 7.84. The van der Waals surface area contributed by atoms with Gasteiger partial charge >= 0.3 is 6.03 Å². The summed E-state index contributed by atoms with van der Waals surface area (Å²) in [7, 11) is 1.58. The summed E-state index contributed by atoms with van der Waals surface area (Å²) >= 11 is 0. The van der Waals surface area contributed by atoms with Crippen LogP contribution in [-0.2, 0) is 0 Å². The van der Waals surface area contributed by atoms with Gasteiger partial charge in [0.05, 0.1) is 6.34 Å². The van der Waals surface area contributed by atoms with Crippen molar-refractivity contribution in [3.63, 3.8) is 0 Å². The Morgan fingerprint density at radius 2 is 2.05 bits per heavy atom. The van der Waals surface area contributed by atoms with Crippen LogP contribution in [0.2, 0.25) is 0 Å². The Morgan fingerprint density at radius 1 is 1.41 bits per heavy atom. The third-order valence-electron chi connectivity index (χ3n) is 3.11. The molecule has 0 radical (unpaired) electrons. The van der Waals surface area contributed by atoms with Crippen LogP contribution in [0.25, 0.3) is 0 Å². The predicted octanol–water partition coefficient (Wildman–Crippen LogP) is 2.86. The van der Waals surface area contributed by atoms with Crippen molar-refractivity contribution in [2.24, 2.45) is 4.99 Å². The number of nitrogens with one attached hydrogen (secondary N) is 2. The number of halogens is 1. The molecule has 1 fully saturated rings. The van der Waals surface area contributed by atoms with Crippen LogP contribution in [0.1, 0.15) is 33.6 Å². The maximum Gasteiger partial charge on any atom is 0.327 e. The molecule has 0 unspecified atom stereocenters. The monoisotopic (exact) mass is 312 g/mol. The van der Waals surface area contributed by atoms with Gasteiger partial charge in [0, 0.05) is 18.8 Å². The Kier molecular flexibility index (Phi) is 12.0. The molecule has 0 bridgehead atoms. The van der Waals surface area contributed by atoms with Crippen LogP contribution >= 0.6 is 0 Å². The topological polar surface area (TPSA) is 56.7 Å². The molecule has 5 nitrogen and oxygen atoms in total. The zero-order valence-electron chi connectivity index (χ0n) is 14.1. The van der Waals surface area contributed by atoms with E-state index in [9.17, 15) is 9.18 Å². The smallest absolute Gasteiger partial charge is 0.317 e.